The number of anilines is 2. The number of carbonyl (C=O) groups is 1. The minimum atomic E-state index is -3.77. The summed E-state index contributed by atoms with van der Waals surface area (Å²) in [6.45, 7) is 1.48. The van der Waals surface area contributed by atoms with Gasteiger partial charge in [-0.2, -0.15) is 0 Å². The number of halogens is 2. The van der Waals surface area contributed by atoms with E-state index >= 15 is 0 Å². The van der Waals surface area contributed by atoms with Crippen LogP contribution in [-0.4, -0.2) is 33.7 Å². The van der Waals surface area contributed by atoms with Crippen molar-refractivity contribution in [2.75, 3.05) is 23.0 Å². The SMILES string of the molecule is COc1cccc(NC(=O)C(C)N(c2cc(Cl)cc(Cl)c2)S(C)(=O)=O)c1. The lowest BCUT2D eigenvalue weighted by Gasteiger charge is -2.28. The Morgan fingerprint density at radius 1 is 1.15 bits per heavy atom. The number of ether oxygens (including phenoxy) is 1. The van der Waals surface area contributed by atoms with Crippen molar-refractivity contribution in [3.8, 4) is 5.75 Å². The number of carbonyl (C=O) groups excluding carboxylic acids is 1. The average Bonchev–Trinajstić information content (AvgIpc) is 2.52. The molecule has 0 fully saturated rings. The Balaban J connectivity index is 2.34. The summed E-state index contributed by atoms with van der Waals surface area (Å²) < 4.78 is 30.7. The molecule has 26 heavy (non-hydrogen) atoms. The molecular weight excluding hydrogens is 399 g/mol. The van der Waals surface area contributed by atoms with Crippen molar-refractivity contribution in [3.05, 3.63) is 52.5 Å². The lowest BCUT2D eigenvalue weighted by molar-refractivity contribution is -0.116. The molecule has 2 aromatic rings. The standard InChI is InChI=1S/C17H18Cl2N2O4S/c1-11(17(22)20-14-5-4-6-16(10-14)25-2)21(26(3,23)24)15-8-12(18)7-13(19)9-15/h4-11H,1-3H3,(H,20,22). The Kier molecular flexibility index (Phi) is 6.39. The number of rotatable bonds is 6. The normalized spacial score (nSPS) is 12.3. The zero-order chi connectivity index (χ0) is 19.5. The Labute approximate surface area is 162 Å². The van der Waals surface area contributed by atoms with Crippen LogP contribution in [0.15, 0.2) is 42.5 Å². The van der Waals surface area contributed by atoms with Gasteiger partial charge in [-0.05, 0) is 37.3 Å². The summed E-state index contributed by atoms with van der Waals surface area (Å²) in [6.07, 6.45) is 1.01. The van der Waals surface area contributed by atoms with E-state index < -0.39 is 22.0 Å². The average molecular weight is 417 g/mol. The van der Waals surface area contributed by atoms with Crippen LogP contribution < -0.4 is 14.4 Å². The van der Waals surface area contributed by atoms with E-state index in [9.17, 15) is 13.2 Å². The third-order valence-electron chi connectivity index (χ3n) is 3.53. The van der Waals surface area contributed by atoms with Crippen LogP contribution in [0.4, 0.5) is 11.4 Å². The second-order valence-corrected chi connectivity index (χ2v) is 8.32. The first-order chi connectivity index (χ1) is 12.1. The van der Waals surface area contributed by atoms with Gasteiger partial charge in [-0.25, -0.2) is 8.42 Å². The highest BCUT2D eigenvalue weighted by Crippen LogP contribution is 2.29. The predicted molar refractivity (Wildman–Crippen MR) is 105 cm³/mol. The topological polar surface area (TPSA) is 75.7 Å². The first-order valence-corrected chi connectivity index (χ1v) is 10.1. The molecule has 6 nitrogen and oxygen atoms in total. The molecule has 0 aliphatic heterocycles. The summed E-state index contributed by atoms with van der Waals surface area (Å²) in [4.78, 5) is 12.6. The Morgan fingerprint density at radius 3 is 2.31 bits per heavy atom. The molecule has 0 heterocycles. The predicted octanol–water partition coefficient (Wildman–Crippen LogP) is 3.80. The van der Waals surface area contributed by atoms with Crippen molar-refractivity contribution in [1.29, 1.82) is 0 Å². The van der Waals surface area contributed by atoms with Gasteiger partial charge in [0.1, 0.15) is 11.8 Å². The van der Waals surface area contributed by atoms with E-state index in [4.69, 9.17) is 27.9 Å². The summed E-state index contributed by atoms with van der Waals surface area (Å²) in [5.41, 5.74) is 0.692. The maximum atomic E-state index is 12.6. The lowest BCUT2D eigenvalue weighted by Crippen LogP contribution is -2.45. The molecule has 1 amide bonds. The Bertz CT molecular complexity index is 898. The van der Waals surface area contributed by atoms with E-state index in [1.807, 2.05) is 0 Å². The molecule has 0 bridgehead atoms. The Hall–Kier alpha value is -1.96. The van der Waals surface area contributed by atoms with E-state index in [-0.39, 0.29) is 15.7 Å². The molecular formula is C17H18Cl2N2O4S. The first kappa shape index (κ1) is 20.4. The van der Waals surface area contributed by atoms with E-state index in [2.05, 4.69) is 5.32 Å². The van der Waals surface area contributed by atoms with Crippen LogP contribution in [0, 0.1) is 0 Å². The number of hydrogen-bond donors (Lipinski definition) is 1. The molecule has 2 aromatic carbocycles. The van der Waals surface area contributed by atoms with Crippen molar-refractivity contribution in [2.45, 2.75) is 13.0 Å². The van der Waals surface area contributed by atoms with Crippen molar-refractivity contribution in [2.24, 2.45) is 0 Å². The molecule has 0 saturated carbocycles. The van der Waals surface area contributed by atoms with Gasteiger partial charge in [0.25, 0.3) is 0 Å². The first-order valence-electron chi connectivity index (χ1n) is 7.52. The molecule has 0 aliphatic rings. The van der Waals surface area contributed by atoms with Gasteiger partial charge in [0.2, 0.25) is 15.9 Å². The second kappa shape index (κ2) is 8.16. The van der Waals surface area contributed by atoms with Crippen LogP contribution in [0.5, 0.6) is 5.75 Å². The van der Waals surface area contributed by atoms with Crippen LogP contribution in [0.1, 0.15) is 6.92 Å². The highest BCUT2D eigenvalue weighted by atomic mass is 35.5. The highest BCUT2D eigenvalue weighted by Gasteiger charge is 2.29. The molecule has 0 aliphatic carbocycles. The number of amides is 1. The molecule has 1 unspecified atom stereocenters. The minimum absolute atomic E-state index is 0.207. The smallest absolute Gasteiger partial charge is 0.247 e. The number of sulfonamides is 1. The van der Waals surface area contributed by atoms with Gasteiger partial charge >= 0.3 is 0 Å². The fourth-order valence-corrected chi connectivity index (χ4v) is 4.10. The fourth-order valence-electron chi connectivity index (χ4n) is 2.42. The molecule has 0 radical (unpaired) electrons. The van der Waals surface area contributed by atoms with Gasteiger partial charge in [-0.15, -0.1) is 0 Å². The van der Waals surface area contributed by atoms with E-state index in [0.717, 1.165) is 10.6 Å². The van der Waals surface area contributed by atoms with Crippen molar-refractivity contribution < 1.29 is 17.9 Å². The third kappa shape index (κ3) is 5.03. The van der Waals surface area contributed by atoms with Gasteiger partial charge < -0.3 is 10.1 Å². The van der Waals surface area contributed by atoms with Crippen molar-refractivity contribution in [3.63, 3.8) is 0 Å². The zero-order valence-corrected chi connectivity index (χ0v) is 16.7. The van der Waals surface area contributed by atoms with E-state index in [1.54, 1.807) is 24.3 Å². The van der Waals surface area contributed by atoms with Gasteiger partial charge in [-0.1, -0.05) is 29.3 Å². The summed E-state index contributed by atoms with van der Waals surface area (Å²) >= 11 is 11.9. The molecule has 2 rings (SSSR count). The number of methoxy groups -OCH3 is 1. The molecule has 0 saturated heterocycles. The monoisotopic (exact) mass is 416 g/mol. The van der Waals surface area contributed by atoms with Gasteiger partial charge in [0.15, 0.2) is 0 Å². The van der Waals surface area contributed by atoms with Gasteiger partial charge in [0.05, 0.1) is 19.1 Å². The quantitative estimate of drug-likeness (QED) is 0.776. The second-order valence-electron chi connectivity index (χ2n) is 5.58. The van der Waals surface area contributed by atoms with E-state index in [0.29, 0.717) is 11.4 Å². The summed E-state index contributed by atoms with van der Waals surface area (Å²) in [6, 6.07) is 10.1. The zero-order valence-electron chi connectivity index (χ0n) is 14.4. The molecule has 0 aromatic heterocycles. The fraction of sp³-hybridized carbons (Fsp3) is 0.235. The number of nitrogens with zero attached hydrogens (tertiary/aromatic N) is 1. The maximum absolute atomic E-state index is 12.6. The summed E-state index contributed by atoms with van der Waals surface area (Å²) in [5, 5.41) is 3.21. The summed E-state index contributed by atoms with van der Waals surface area (Å²) in [7, 11) is -2.26. The maximum Gasteiger partial charge on any atom is 0.247 e. The minimum Gasteiger partial charge on any atom is -0.497 e. The largest absolute Gasteiger partial charge is 0.497 e. The molecule has 9 heteroatoms. The summed E-state index contributed by atoms with van der Waals surface area (Å²) in [5.74, 6) is 0.0526. The van der Waals surface area contributed by atoms with Crippen LogP contribution in [0.3, 0.4) is 0 Å². The third-order valence-corrected chi connectivity index (χ3v) is 5.21. The Morgan fingerprint density at radius 2 is 1.77 bits per heavy atom. The van der Waals surface area contributed by atoms with Crippen LogP contribution >= 0.6 is 23.2 Å². The number of hydrogen-bond acceptors (Lipinski definition) is 4. The molecule has 1 atom stereocenters. The van der Waals surface area contributed by atoms with E-state index in [1.165, 1.54) is 32.2 Å². The number of benzene rings is 2. The van der Waals surface area contributed by atoms with Crippen LogP contribution in [-0.2, 0) is 14.8 Å². The highest BCUT2D eigenvalue weighted by molar-refractivity contribution is 7.92. The molecule has 140 valence electrons. The molecule has 0 spiro atoms. The van der Waals surface area contributed by atoms with Crippen molar-refractivity contribution in [1.82, 2.24) is 0 Å². The van der Waals surface area contributed by atoms with Gasteiger partial charge in [0, 0.05) is 21.8 Å². The van der Waals surface area contributed by atoms with Crippen molar-refractivity contribution >= 4 is 50.5 Å². The molecule has 1 N–H and O–H groups in total. The lowest BCUT2D eigenvalue weighted by atomic mass is 10.2. The van der Waals surface area contributed by atoms with Gasteiger partial charge in [-0.3, -0.25) is 9.10 Å². The number of nitrogens with one attached hydrogen (secondary N) is 1. The van der Waals surface area contributed by atoms with Crippen LogP contribution in [0.2, 0.25) is 10.0 Å². The van der Waals surface area contributed by atoms with Crippen LogP contribution in [0.25, 0.3) is 0 Å².